The molecule has 1 N–H and O–H groups in total. The molecule has 0 saturated carbocycles. The molecular weight excluding hydrogens is 260 g/mol. The summed E-state index contributed by atoms with van der Waals surface area (Å²) in [4.78, 5) is 10.3. The quantitative estimate of drug-likeness (QED) is 0.285. The van der Waals surface area contributed by atoms with Gasteiger partial charge in [0.1, 0.15) is 0 Å². The van der Waals surface area contributed by atoms with Gasteiger partial charge in [-0.05, 0) is 32.1 Å². The lowest BCUT2D eigenvalue weighted by molar-refractivity contribution is -0.137. The highest BCUT2D eigenvalue weighted by molar-refractivity contribution is 5.66. The van der Waals surface area contributed by atoms with Crippen LogP contribution in [0.15, 0.2) is 24.3 Å². The van der Waals surface area contributed by atoms with E-state index < -0.39 is 5.97 Å². The Hall–Kier alpha value is -1.05. The number of unbranched alkanes of at least 4 members (excludes halogenated alkanes) is 10. The third-order valence-corrected chi connectivity index (χ3v) is 3.62. The Balaban J connectivity index is 3.18. The van der Waals surface area contributed by atoms with Crippen molar-refractivity contribution in [3.05, 3.63) is 24.3 Å². The number of allylic oxidation sites excluding steroid dienone is 4. The second-order valence-corrected chi connectivity index (χ2v) is 5.76. The van der Waals surface area contributed by atoms with E-state index in [0.717, 1.165) is 19.3 Å². The van der Waals surface area contributed by atoms with Crippen LogP contribution in [0.25, 0.3) is 0 Å². The van der Waals surface area contributed by atoms with Crippen LogP contribution in [-0.4, -0.2) is 11.1 Å². The minimum atomic E-state index is -0.668. The molecule has 0 aliphatic carbocycles. The van der Waals surface area contributed by atoms with Crippen LogP contribution < -0.4 is 0 Å². The molecule has 0 aromatic heterocycles. The molecule has 2 heteroatoms. The molecule has 0 aromatic rings. The molecule has 0 aromatic carbocycles. The summed E-state index contributed by atoms with van der Waals surface area (Å²) in [5, 5.41) is 8.52. The molecule has 0 radical (unpaired) electrons. The number of carbonyl (C=O) groups is 1. The Morgan fingerprint density at radius 2 is 1.24 bits per heavy atom. The number of aliphatic carboxylic acids is 1. The van der Waals surface area contributed by atoms with E-state index in [2.05, 4.69) is 31.2 Å². The molecule has 122 valence electrons. The molecule has 0 fully saturated rings. The third-order valence-electron chi connectivity index (χ3n) is 3.62. The van der Waals surface area contributed by atoms with Crippen molar-refractivity contribution >= 4 is 5.97 Å². The maximum atomic E-state index is 10.3. The molecule has 0 bridgehead atoms. The fourth-order valence-corrected chi connectivity index (χ4v) is 2.28. The number of hydrogen-bond donors (Lipinski definition) is 1. The fraction of sp³-hybridized carbons (Fsp3) is 0.737. The summed E-state index contributed by atoms with van der Waals surface area (Å²) < 4.78 is 0. The van der Waals surface area contributed by atoms with E-state index in [-0.39, 0.29) is 0 Å². The van der Waals surface area contributed by atoms with Crippen molar-refractivity contribution in [2.45, 2.75) is 90.4 Å². The molecular formula is C19H34O2. The zero-order chi connectivity index (χ0) is 15.6. The summed E-state index contributed by atoms with van der Waals surface area (Å²) in [7, 11) is 0. The molecule has 0 rings (SSSR count). The molecule has 21 heavy (non-hydrogen) atoms. The highest BCUT2D eigenvalue weighted by Gasteiger charge is 1.95. The standard InChI is InChI=1S/C19H34O2/c1-2-3-4-5-6-7-8-9-10-11-12-13-14-15-16-17-18-19(20)21/h7-10H,2-6,11-18H2,1H3,(H,20,21). The summed E-state index contributed by atoms with van der Waals surface area (Å²) in [6, 6.07) is 0. The average molecular weight is 294 g/mol. The summed E-state index contributed by atoms with van der Waals surface area (Å²) in [5.74, 6) is -0.668. The van der Waals surface area contributed by atoms with Gasteiger partial charge >= 0.3 is 5.97 Å². The van der Waals surface area contributed by atoms with E-state index in [4.69, 9.17) is 5.11 Å². The van der Waals surface area contributed by atoms with Gasteiger partial charge < -0.3 is 5.11 Å². The van der Waals surface area contributed by atoms with Crippen LogP contribution >= 0.6 is 0 Å². The van der Waals surface area contributed by atoms with Crippen LogP contribution in [0, 0.1) is 0 Å². The van der Waals surface area contributed by atoms with Gasteiger partial charge in [0.25, 0.3) is 0 Å². The van der Waals surface area contributed by atoms with Gasteiger partial charge in [-0.1, -0.05) is 76.2 Å². The minimum absolute atomic E-state index is 0.327. The summed E-state index contributed by atoms with van der Waals surface area (Å²) in [6.45, 7) is 2.24. The second-order valence-electron chi connectivity index (χ2n) is 5.76. The number of rotatable bonds is 15. The highest BCUT2D eigenvalue weighted by Crippen LogP contribution is 2.09. The normalized spacial score (nSPS) is 11.7. The molecule has 0 unspecified atom stereocenters. The van der Waals surface area contributed by atoms with Crippen molar-refractivity contribution in [1.29, 1.82) is 0 Å². The van der Waals surface area contributed by atoms with Gasteiger partial charge in [0.15, 0.2) is 0 Å². The summed E-state index contributed by atoms with van der Waals surface area (Å²) >= 11 is 0. The lowest BCUT2D eigenvalue weighted by Crippen LogP contribution is -1.93. The second kappa shape index (κ2) is 17.0. The van der Waals surface area contributed by atoms with Gasteiger partial charge in [0, 0.05) is 6.42 Å². The van der Waals surface area contributed by atoms with Crippen molar-refractivity contribution in [3.8, 4) is 0 Å². The van der Waals surface area contributed by atoms with Gasteiger partial charge in [-0.25, -0.2) is 0 Å². The van der Waals surface area contributed by atoms with E-state index in [9.17, 15) is 4.79 Å². The molecule has 0 heterocycles. The fourth-order valence-electron chi connectivity index (χ4n) is 2.28. The molecule has 0 saturated heterocycles. The summed E-state index contributed by atoms with van der Waals surface area (Å²) in [5.41, 5.74) is 0. The average Bonchev–Trinajstić information content (AvgIpc) is 2.46. The molecule has 0 aliphatic heterocycles. The van der Waals surface area contributed by atoms with Crippen LogP contribution in [0.1, 0.15) is 90.4 Å². The zero-order valence-electron chi connectivity index (χ0n) is 13.9. The van der Waals surface area contributed by atoms with Gasteiger partial charge in [0.2, 0.25) is 0 Å². The Kier molecular flexibility index (Phi) is 16.2. The first-order valence-electron chi connectivity index (χ1n) is 8.80. The summed E-state index contributed by atoms with van der Waals surface area (Å²) in [6.07, 6.45) is 23.7. The first-order chi connectivity index (χ1) is 10.3. The lowest BCUT2D eigenvalue weighted by atomic mass is 10.1. The van der Waals surface area contributed by atoms with Gasteiger partial charge in [-0.2, -0.15) is 0 Å². The SMILES string of the molecule is CCCCCCC=CC=CCCCCCCCCC(=O)O. The van der Waals surface area contributed by atoms with Gasteiger partial charge in [-0.3, -0.25) is 4.79 Å². The lowest BCUT2D eigenvalue weighted by Gasteiger charge is -1.99. The Labute approximate surface area is 131 Å². The zero-order valence-corrected chi connectivity index (χ0v) is 13.9. The number of carboxylic acids is 1. The van der Waals surface area contributed by atoms with Crippen molar-refractivity contribution in [2.24, 2.45) is 0 Å². The number of hydrogen-bond acceptors (Lipinski definition) is 1. The molecule has 0 spiro atoms. The van der Waals surface area contributed by atoms with Crippen LogP contribution in [0.3, 0.4) is 0 Å². The van der Waals surface area contributed by atoms with Crippen molar-refractivity contribution in [1.82, 2.24) is 0 Å². The molecule has 0 atom stereocenters. The Morgan fingerprint density at radius 1 is 0.762 bits per heavy atom. The molecule has 2 nitrogen and oxygen atoms in total. The van der Waals surface area contributed by atoms with E-state index in [1.165, 1.54) is 57.8 Å². The van der Waals surface area contributed by atoms with E-state index in [1.54, 1.807) is 0 Å². The monoisotopic (exact) mass is 294 g/mol. The maximum Gasteiger partial charge on any atom is 0.303 e. The predicted molar refractivity (Wildman–Crippen MR) is 91.6 cm³/mol. The largest absolute Gasteiger partial charge is 0.481 e. The van der Waals surface area contributed by atoms with Crippen LogP contribution in [0.5, 0.6) is 0 Å². The van der Waals surface area contributed by atoms with E-state index in [1.807, 2.05) is 0 Å². The Bertz CT molecular complexity index is 279. The van der Waals surface area contributed by atoms with Crippen molar-refractivity contribution in [3.63, 3.8) is 0 Å². The number of carboxylic acid groups (broad SMARTS) is 1. The van der Waals surface area contributed by atoms with Crippen molar-refractivity contribution < 1.29 is 9.90 Å². The maximum absolute atomic E-state index is 10.3. The van der Waals surface area contributed by atoms with Gasteiger partial charge in [0.05, 0.1) is 0 Å². The van der Waals surface area contributed by atoms with Crippen LogP contribution in [0.4, 0.5) is 0 Å². The first kappa shape index (κ1) is 19.9. The predicted octanol–water partition coefficient (Wildman–Crippen LogP) is 6.27. The van der Waals surface area contributed by atoms with E-state index >= 15 is 0 Å². The third kappa shape index (κ3) is 18.9. The minimum Gasteiger partial charge on any atom is -0.481 e. The molecule has 0 aliphatic rings. The van der Waals surface area contributed by atoms with Crippen LogP contribution in [-0.2, 0) is 4.79 Å². The first-order valence-corrected chi connectivity index (χ1v) is 8.80. The van der Waals surface area contributed by atoms with E-state index in [0.29, 0.717) is 6.42 Å². The Morgan fingerprint density at radius 3 is 1.76 bits per heavy atom. The van der Waals surface area contributed by atoms with Gasteiger partial charge in [-0.15, -0.1) is 0 Å². The smallest absolute Gasteiger partial charge is 0.303 e. The van der Waals surface area contributed by atoms with Crippen LogP contribution in [0.2, 0.25) is 0 Å². The van der Waals surface area contributed by atoms with Crippen molar-refractivity contribution in [2.75, 3.05) is 0 Å². The topological polar surface area (TPSA) is 37.3 Å². The highest BCUT2D eigenvalue weighted by atomic mass is 16.4. The molecule has 0 amide bonds.